The molecule has 3 atom stereocenters. The van der Waals surface area contributed by atoms with Crippen LogP contribution in [-0.4, -0.2) is 59.9 Å². The number of phosphoric acid groups is 1. The van der Waals surface area contributed by atoms with Crippen LogP contribution in [0, 0.1) is 0 Å². The fraction of sp³-hybridized carbons (Fsp3) is 0.891. The van der Waals surface area contributed by atoms with Crippen LogP contribution in [0.3, 0.4) is 0 Å². The molecule has 0 radical (unpaired) electrons. The summed E-state index contributed by atoms with van der Waals surface area (Å²) in [7, 11) is -4.72. The molecule has 1 unspecified atom stereocenters. The highest BCUT2D eigenvalue weighted by Crippen LogP contribution is 2.43. The number of carboxylic acid groups (broad SMARTS) is 1. The fourth-order valence-corrected chi connectivity index (χ4v) is 7.55. The minimum absolute atomic E-state index is 0.145. The first-order valence-corrected chi connectivity index (χ1v) is 25.2. The van der Waals surface area contributed by atoms with Crippen molar-refractivity contribution in [3.05, 3.63) is 12.2 Å². The second-order valence-electron chi connectivity index (χ2n) is 16.2. The van der Waals surface area contributed by atoms with Crippen LogP contribution in [0.5, 0.6) is 0 Å². The summed E-state index contributed by atoms with van der Waals surface area (Å²) in [6.45, 7) is 2.81. The third-order valence-electron chi connectivity index (χ3n) is 10.5. The number of aliphatic carboxylic acids is 1. The van der Waals surface area contributed by atoms with Crippen molar-refractivity contribution in [1.82, 2.24) is 0 Å². The molecule has 0 rings (SSSR count). The Kier molecular flexibility index (Phi) is 40.6. The van der Waals surface area contributed by atoms with Crippen molar-refractivity contribution < 1.29 is 47.5 Å². The van der Waals surface area contributed by atoms with Crippen LogP contribution < -0.4 is 5.73 Å². The standard InChI is InChI=1S/C46H88NO10P/c1-3-5-7-9-11-13-15-17-18-19-20-21-22-23-24-26-27-29-31-33-35-37-44(48)54-39-42(40-55-58(52,53)56-41-43(47)46(50)51)57-45(49)38-36-34-32-30-28-25-16-14-12-10-8-6-4-2/h25,28,42-43H,3-24,26-27,29-41,47H2,1-2H3,(H,50,51)(H,52,53)/b28-25+/t42-,43-/m0/s1. The Hall–Kier alpha value is -1.78. The van der Waals surface area contributed by atoms with E-state index in [1.54, 1.807) is 0 Å². The average Bonchev–Trinajstić information content (AvgIpc) is 3.20. The number of ether oxygens (including phenoxy) is 2. The summed E-state index contributed by atoms with van der Waals surface area (Å²) >= 11 is 0. The maximum absolute atomic E-state index is 12.6. The molecule has 0 saturated heterocycles. The largest absolute Gasteiger partial charge is 0.480 e. The normalized spacial score (nSPS) is 13.7. The molecule has 0 aromatic heterocycles. The van der Waals surface area contributed by atoms with Gasteiger partial charge >= 0.3 is 25.7 Å². The third kappa shape index (κ3) is 41.0. The molecule has 0 aromatic rings. The molecule has 0 aliphatic carbocycles. The van der Waals surface area contributed by atoms with Gasteiger partial charge in [-0.25, -0.2) is 4.57 Å². The van der Waals surface area contributed by atoms with E-state index in [1.165, 1.54) is 148 Å². The zero-order valence-electron chi connectivity index (χ0n) is 37.2. The summed E-state index contributed by atoms with van der Waals surface area (Å²) < 4.78 is 32.7. The first kappa shape index (κ1) is 56.2. The highest BCUT2D eigenvalue weighted by molar-refractivity contribution is 7.47. The van der Waals surface area contributed by atoms with E-state index in [9.17, 15) is 23.8 Å². The minimum Gasteiger partial charge on any atom is -0.480 e. The topological polar surface area (TPSA) is 172 Å². The molecular formula is C46H88NO10P. The Bertz CT molecular complexity index is 1040. The van der Waals surface area contributed by atoms with E-state index in [2.05, 4.69) is 30.5 Å². The summed E-state index contributed by atoms with van der Waals surface area (Å²) in [5, 5.41) is 8.89. The lowest BCUT2D eigenvalue weighted by molar-refractivity contribution is -0.161. The number of carboxylic acids is 1. The first-order chi connectivity index (χ1) is 28.1. The van der Waals surface area contributed by atoms with Crippen molar-refractivity contribution in [1.29, 1.82) is 0 Å². The molecule has 342 valence electrons. The molecule has 11 nitrogen and oxygen atoms in total. The number of unbranched alkanes of at least 4 members (excludes halogenated alkanes) is 29. The number of esters is 2. The molecule has 0 aromatic carbocycles. The number of carbonyl (C=O) groups excluding carboxylic acids is 2. The number of nitrogens with two attached hydrogens (primary N) is 1. The molecule has 58 heavy (non-hydrogen) atoms. The highest BCUT2D eigenvalue weighted by Gasteiger charge is 2.28. The van der Waals surface area contributed by atoms with Gasteiger partial charge in [0.25, 0.3) is 0 Å². The van der Waals surface area contributed by atoms with E-state index in [-0.39, 0.29) is 19.4 Å². The van der Waals surface area contributed by atoms with Gasteiger partial charge in [0.1, 0.15) is 12.6 Å². The molecule has 0 amide bonds. The van der Waals surface area contributed by atoms with E-state index in [0.717, 1.165) is 44.9 Å². The SMILES string of the molecule is CCCCCCCC/C=C/CCCCCC(=O)O[C@@H](COC(=O)CCCCCCCCCCCCCCCCCCCCCCC)COP(=O)(O)OC[C@H](N)C(=O)O. The lowest BCUT2D eigenvalue weighted by Gasteiger charge is -2.20. The Balaban J connectivity index is 4.22. The summed E-state index contributed by atoms with van der Waals surface area (Å²) in [6, 6.07) is -1.52. The molecule has 0 bridgehead atoms. The van der Waals surface area contributed by atoms with Crippen LogP contribution in [0.25, 0.3) is 0 Å². The van der Waals surface area contributed by atoms with Gasteiger partial charge < -0.3 is 25.2 Å². The second-order valence-corrected chi connectivity index (χ2v) is 17.7. The molecule has 0 aliphatic heterocycles. The van der Waals surface area contributed by atoms with E-state index in [0.29, 0.717) is 12.8 Å². The van der Waals surface area contributed by atoms with Crippen LogP contribution in [0.2, 0.25) is 0 Å². The van der Waals surface area contributed by atoms with Crippen LogP contribution in [0.4, 0.5) is 0 Å². The van der Waals surface area contributed by atoms with Crippen LogP contribution >= 0.6 is 7.82 Å². The van der Waals surface area contributed by atoms with E-state index in [1.807, 2.05) is 0 Å². The molecule has 0 fully saturated rings. The quantitative estimate of drug-likeness (QED) is 0.0230. The van der Waals surface area contributed by atoms with Crippen molar-refractivity contribution in [2.45, 2.75) is 244 Å². The van der Waals surface area contributed by atoms with Gasteiger partial charge in [0.2, 0.25) is 0 Å². The monoisotopic (exact) mass is 846 g/mol. The number of carbonyl (C=O) groups is 3. The Morgan fingerprint density at radius 2 is 0.862 bits per heavy atom. The number of hydrogen-bond acceptors (Lipinski definition) is 9. The van der Waals surface area contributed by atoms with Gasteiger partial charge in [-0.15, -0.1) is 0 Å². The second kappa shape index (κ2) is 41.9. The van der Waals surface area contributed by atoms with Crippen molar-refractivity contribution in [2.24, 2.45) is 5.73 Å². The maximum Gasteiger partial charge on any atom is 0.472 e. The minimum atomic E-state index is -4.72. The summed E-state index contributed by atoms with van der Waals surface area (Å²) in [5.41, 5.74) is 5.34. The summed E-state index contributed by atoms with van der Waals surface area (Å²) in [5.74, 6) is -2.38. The van der Waals surface area contributed by atoms with Gasteiger partial charge in [-0.05, 0) is 38.5 Å². The van der Waals surface area contributed by atoms with Gasteiger partial charge in [-0.3, -0.25) is 23.4 Å². The average molecular weight is 846 g/mol. The number of rotatable bonds is 45. The van der Waals surface area contributed by atoms with Gasteiger partial charge in [-0.2, -0.15) is 0 Å². The van der Waals surface area contributed by atoms with E-state index < -0.39 is 51.1 Å². The molecule has 0 aliphatic rings. The maximum atomic E-state index is 12.6. The number of phosphoric ester groups is 1. The molecule has 4 N–H and O–H groups in total. The highest BCUT2D eigenvalue weighted by atomic mass is 31.2. The zero-order chi connectivity index (χ0) is 42.8. The lowest BCUT2D eigenvalue weighted by Crippen LogP contribution is -2.34. The number of allylic oxidation sites excluding steroid dienone is 2. The molecule has 0 heterocycles. The molecular weight excluding hydrogens is 757 g/mol. The predicted molar refractivity (Wildman–Crippen MR) is 236 cm³/mol. The van der Waals surface area contributed by atoms with Gasteiger partial charge in [0.15, 0.2) is 6.10 Å². The zero-order valence-corrected chi connectivity index (χ0v) is 38.1. The first-order valence-electron chi connectivity index (χ1n) is 23.7. The molecule has 0 saturated carbocycles. The Morgan fingerprint density at radius 1 is 0.517 bits per heavy atom. The van der Waals surface area contributed by atoms with Gasteiger partial charge in [0, 0.05) is 12.8 Å². The fourth-order valence-electron chi connectivity index (χ4n) is 6.77. The Morgan fingerprint density at radius 3 is 1.28 bits per heavy atom. The molecule has 0 spiro atoms. The predicted octanol–water partition coefficient (Wildman–Crippen LogP) is 12.8. The van der Waals surface area contributed by atoms with Crippen molar-refractivity contribution >= 4 is 25.7 Å². The van der Waals surface area contributed by atoms with Crippen LogP contribution in [0.1, 0.15) is 232 Å². The van der Waals surface area contributed by atoms with Crippen molar-refractivity contribution in [3.8, 4) is 0 Å². The van der Waals surface area contributed by atoms with Gasteiger partial charge in [-0.1, -0.05) is 193 Å². The Labute approximate surface area is 354 Å². The summed E-state index contributed by atoms with van der Waals surface area (Å²) in [6.07, 6.45) is 42.8. The van der Waals surface area contributed by atoms with Crippen LogP contribution in [-0.2, 0) is 37.5 Å². The number of hydrogen-bond donors (Lipinski definition) is 3. The van der Waals surface area contributed by atoms with Crippen molar-refractivity contribution in [3.63, 3.8) is 0 Å². The molecule has 12 heteroatoms. The van der Waals surface area contributed by atoms with E-state index >= 15 is 0 Å². The summed E-state index contributed by atoms with van der Waals surface area (Å²) in [4.78, 5) is 46.0. The van der Waals surface area contributed by atoms with Gasteiger partial charge in [0.05, 0.1) is 13.2 Å². The van der Waals surface area contributed by atoms with E-state index in [4.69, 9.17) is 24.8 Å². The smallest absolute Gasteiger partial charge is 0.472 e. The van der Waals surface area contributed by atoms with Crippen molar-refractivity contribution in [2.75, 3.05) is 19.8 Å². The lowest BCUT2D eigenvalue weighted by atomic mass is 10.0. The third-order valence-corrected chi connectivity index (χ3v) is 11.5. The van der Waals surface area contributed by atoms with Crippen LogP contribution in [0.15, 0.2) is 12.2 Å².